The number of hydrogen-bond donors (Lipinski definition) is 0. The van der Waals surface area contributed by atoms with Crippen LogP contribution in [0.1, 0.15) is 25.6 Å². The van der Waals surface area contributed by atoms with Crippen LogP contribution in [0, 0.1) is 0 Å². The number of pyridine rings is 1. The fourth-order valence-electron chi connectivity index (χ4n) is 3.36. The first-order valence-corrected chi connectivity index (χ1v) is 11.3. The molecule has 3 heterocycles. The van der Waals surface area contributed by atoms with Gasteiger partial charge in [0.05, 0.1) is 29.3 Å². The summed E-state index contributed by atoms with van der Waals surface area (Å²) in [5.74, 6) is 0.805. The highest BCUT2D eigenvalue weighted by Crippen LogP contribution is 2.25. The average Bonchev–Trinajstić information content (AvgIpc) is 3.18. The lowest BCUT2D eigenvalue weighted by Crippen LogP contribution is -2.11. The molecule has 0 aliphatic rings. The Morgan fingerprint density at radius 3 is 2.75 bits per heavy atom. The molecule has 4 rings (SSSR count). The molecule has 0 fully saturated rings. The summed E-state index contributed by atoms with van der Waals surface area (Å²) in [6, 6.07) is 7.34. The molecule has 0 aliphatic heterocycles. The molecule has 7 nitrogen and oxygen atoms in total. The van der Waals surface area contributed by atoms with E-state index in [4.69, 9.17) is 16.6 Å². The second-order valence-electron chi connectivity index (χ2n) is 6.79. The van der Waals surface area contributed by atoms with E-state index in [9.17, 15) is 8.42 Å². The number of fused-ring (bicyclic) bond motifs is 2. The van der Waals surface area contributed by atoms with Gasteiger partial charge in [-0.15, -0.1) is 0 Å². The maximum atomic E-state index is 12.2. The predicted octanol–water partition coefficient (Wildman–Crippen LogP) is 3.69. The Balaban J connectivity index is 1.86. The van der Waals surface area contributed by atoms with Crippen LogP contribution in [0.5, 0.6) is 0 Å². The van der Waals surface area contributed by atoms with Crippen molar-refractivity contribution in [2.45, 2.75) is 37.9 Å². The largest absolute Gasteiger partial charge is 0.326 e. The molecule has 146 valence electrons. The van der Waals surface area contributed by atoms with Crippen molar-refractivity contribution >= 4 is 43.4 Å². The maximum absolute atomic E-state index is 12.2. The number of benzene rings is 1. The van der Waals surface area contributed by atoms with E-state index < -0.39 is 9.84 Å². The van der Waals surface area contributed by atoms with Gasteiger partial charge in [0.2, 0.25) is 0 Å². The number of rotatable bonds is 6. The highest BCUT2D eigenvalue weighted by molar-refractivity contribution is 7.90. The quantitative estimate of drug-likeness (QED) is 0.477. The third-order valence-electron chi connectivity index (χ3n) is 4.69. The lowest BCUT2D eigenvalue weighted by atomic mass is 10.3. The monoisotopic (exact) mass is 417 g/mol. The Bertz CT molecular complexity index is 1280. The van der Waals surface area contributed by atoms with Crippen molar-refractivity contribution in [3.8, 4) is 0 Å². The lowest BCUT2D eigenvalue weighted by molar-refractivity contribution is 0.569. The SMILES string of the molecule is CCCCn1c(Cn2nc(S(C)(=O)=O)c3ccncc32)nc2cc(Cl)ccc21. The number of hydrogen-bond acceptors (Lipinski definition) is 5. The van der Waals surface area contributed by atoms with Gasteiger partial charge in [-0.05, 0) is 30.7 Å². The number of nitrogens with zero attached hydrogens (tertiary/aromatic N) is 5. The highest BCUT2D eigenvalue weighted by atomic mass is 35.5. The van der Waals surface area contributed by atoms with Crippen molar-refractivity contribution in [2.75, 3.05) is 6.26 Å². The molecule has 0 saturated carbocycles. The summed E-state index contributed by atoms with van der Waals surface area (Å²) in [4.78, 5) is 8.88. The fraction of sp³-hybridized carbons (Fsp3) is 0.316. The third kappa shape index (κ3) is 3.38. The highest BCUT2D eigenvalue weighted by Gasteiger charge is 2.20. The van der Waals surface area contributed by atoms with E-state index in [1.54, 1.807) is 23.1 Å². The molecular weight excluding hydrogens is 398 g/mol. The van der Waals surface area contributed by atoms with Crippen LogP contribution < -0.4 is 0 Å². The zero-order valence-electron chi connectivity index (χ0n) is 15.6. The molecule has 3 aromatic heterocycles. The molecule has 0 bridgehead atoms. The molecular formula is C19H20ClN5O2S. The number of halogens is 1. The summed E-state index contributed by atoms with van der Waals surface area (Å²) in [7, 11) is -3.46. The van der Waals surface area contributed by atoms with Gasteiger partial charge in [0.1, 0.15) is 5.82 Å². The molecule has 0 radical (unpaired) electrons. The van der Waals surface area contributed by atoms with Crippen LogP contribution in [0.2, 0.25) is 5.02 Å². The Morgan fingerprint density at radius 2 is 2.00 bits per heavy atom. The van der Waals surface area contributed by atoms with Crippen molar-refractivity contribution < 1.29 is 8.42 Å². The van der Waals surface area contributed by atoms with Gasteiger partial charge in [0, 0.05) is 29.4 Å². The molecule has 0 saturated heterocycles. The van der Waals surface area contributed by atoms with E-state index >= 15 is 0 Å². The third-order valence-corrected chi connectivity index (χ3v) is 5.93. The molecule has 0 atom stereocenters. The van der Waals surface area contributed by atoms with Crippen LogP contribution in [-0.4, -0.2) is 39.0 Å². The van der Waals surface area contributed by atoms with Crippen LogP contribution in [-0.2, 0) is 22.9 Å². The van der Waals surface area contributed by atoms with E-state index in [2.05, 4.69) is 21.6 Å². The Hall–Kier alpha value is -2.45. The van der Waals surface area contributed by atoms with Gasteiger partial charge >= 0.3 is 0 Å². The lowest BCUT2D eigenvalue weighted by Gasteiger charge is -2.09. The zero-order valence-corrected chi connectivity index (χ0v) is 17.2. The first kappa shape index (κ1) is 18.9. The van der Waals surface area contributed by atoms with Gasteiger partial charge < -0.3 is 4.57 Å². The molecule has 9 heteroatoms. The first-order valence-electron chi connectivity index (χ1n) is 9.03. The van der Waals surface area contributed by atoms with Crippen molar-refractivity contribution in [2.24, 2.45) is 0 Å². The van der Waals surface area contributed by atoms with Crippen LogP contribution in [0.3, 0.4) is 0 Å². The summed E-state index contributed by atoms with van der Waals surface area (Å²) >= 11 is 6.13. The molecule has 1 aromatic carbocycles. The van der Waals surface area contributed by atoms with Gasteiger partial charge in [-0.25, -0.2) is 13.4 Å². The van der Waals surface area contributed by atoms with Crippen LogP contribution in [0.25, 0.3) is 21.9 Å². The Labute approximate surface area is 167 Å². The number of aromatic nitrogens is 5. The fourth-order valence-corrected chi connectivity index (χ4v) is 4.34. The smallest absolute Gasteiger partial charge is 0.195 e. The van der Waals surface area contributed by atoms with Crippen LogP contribution in [0.4, 0.5) is 0 Å². The summed E-state index contributed by atoms with van der Waals surface area (Å²) < 4.78 is 28.1. The van der Waals surface area contributed by atoms with Crippen LogP contribution in [0.15, 0.2) is 41.7 Å². The minimum absolute atomic E-state index is 0.0594. The number of imidazole rings is 1. The van der Waals surface area contributed by atoms with E-state index in [1.807, 2.05) is 18.2 Å². The van der Waals surface area contributed by atoms with Crippen molar-refractivity contribution in [1.82, 2.24) is 24.3 Å². The molecule has 28 heavy (non-hydrogen) atoms. The van der Waals surface area contributed by atoms with E-state index in [1.165, 1.54) is 0 Å². The summed E-state index contributed by atoms with van der Waals surface area (Å²) in [6.07, 6.45) is 6.43. The van der Waals surface area contributed by atoms with Crippen molar-refractivity contribution in [3.63, 3.8) is 0 Å². The second kappa shape index (κ2) is 7.18. The molecule has 4 aromatic rings. The number of sulfone groups is 1. The predicted molar refractivity (Wildman–Crippen MR) is 109 cm³/mol. The van der Waals surface area contributed by atoms with E-state index in [-0.39, 0.29) is 5.03 Å². The minimum Gasteiger partial charge on any atom is -0.326 e. The van der Waals surface area contributed by atoms with E-state index in [0.717, 1.165) is 42.5 Å². The van der Waals surface area contributed by atoms with Crippen LogP contribution >= 0.6 is 11.6 Å². The topological polar surface area (TPSA) is 82.7 Å². The maximum Gasteiger partial charge on any atom is 0.195 e. The normalized spacial score (nSPS) is 12.2. The molecule has 0 N–H and O–H groups in total. The summed E-state index contributed by atoms with van der Waals surface area (Å²) in [6.45, 7) is 3.30. The zero-order chi connectivity index (χ0) is 19.9. The van der Waals surface area contributed by atoms with E-state index in [0.29, 0.717) is 22.5 Å². The van der Waals surface area contributed by atoms with Gasteiger partial charge in [0.15, 0.2) is 14.9 Å². The standard InChI is InChI=1S/C19H20ClN5O2S/c1-3-4-9-24-16-6-5-13(20)10-15(16)22-18(24)12-25-17-11-21-8-7-14(17)19(23-25)28(2,26)27/h5-8,10-11H,3-4,9,12H2,1-2H3. The molecule has 0 spiro atoms. The van der Waals surface area contributed by atoms with Gasteiger partial charge in [-0.3, -0.25) is 9.67 Å². The second-order valence-corrected chi connectivity index (χ2v) is 9.16. The van der Waals surface area contributed by atoms with Gasteiger partial charge in [-0.2, -0.15) is 5.10 Å². The van der Waals surface area contributed by atoms with Crippen molar-refractivity contribution in [1.29, 1.82) is 0 Å². The summed E-state index contributed by atoms with van der Waals surface area (Å²) in [5, 5.41) is 5.63. The van der Waals surface area contributed by atoms with Crippen molar-refractivity contribution in [3.05, 3.63) is 47.5 Å². The first-order chi connectivity index (χ1) is 13.4. The molecule has 0 aliphatic carbocycles. The number of aryl methyl sites for hydroxylation is 1. The minimum atomic E-state index is -3.46. The molecule has 0 amide bonds. The van der Waals surface area contributed by atoms with Gasteiger partial charge in [-0.1, -0.05) is 24.9 Å². The van der Waals surface area contributed by atoms with Gasteiger partial charge in [0.25, 0.3) is 0 Å². The Kier molecular flexibility index (Phi) is 4.84. The Morgan fingerprint density at radius 1 is 1.18 bits per heavy atom. The molecule has 0 unspecified atom stereocenters. The summed E-state index contributed by atoms with van der Waals surface area (Å²) in [5.41, 5.74) is 2.48. The average molecular weight is 418 g/mol. The number of unbranched alkanes of at least 4 members (excludes halogenated alkanes) is 1.